The minimum Gasteiger partial charge on any atom is -0.206 e. The van der Waals surface area contributed by atoms with Crippen LogP contribution in [0.15, 0.2) is 18.2 Å². The highest BCUT2D eigenvalue weighted by molar-refractivity contribution is 14.1. The van der Waals surface area contributed by atoms with Crippen LogP contribution in [0.25, 0.3) is 0 Å². The third kappa shape index (κ3) is 2.76. The van der Waals surface area contributed by atoms with Gasteiger partial charge in [0.05, 0.1) is 0 Å². The molecule has 2 heteroatoms. The summed E-state index contributed by atoms with van der Waals surface area (Å²) in [4.78, 5) is 0. The summed E-state index contributed by atoms with van der Waals surface area (Å²) in [6, 6.07) is 5.73. The Balaban J connectivity index is 2.05. The standard InChI is InChI=1S/C14H18FI/c1-2-10-3-5-11(6-4-10)12-7-8-14(16)13(15)9-12/h7-11H,2-6H2,1H3. The molecule has 1 aliphatic rings. The first-order valence-electron chi connectivity index (χ1n) is 6.15. The van der Waals surface area contributed by atoms with Crippen molar-refractivity contribution in [2.45, 2.75) is 44.9 Å². The minimum absolute atomic E-state index is 0.0595. The van der Waals surface area contributed by atoms with Crippen molar-refractivity contribution in [1.29, 1.82) is 0 Å². The molecule has 0 atom stereocenters. The molecule has 1 aliphatic carbocycles. The van der Waals surface area contributed by atoms with Gasteiger partial charge in [0.2, 0.25) is 0 Å². The fraction of sp³-hybridized carbons (Fsp3) is 0.571. The summed E-state index contributed by atoms with van der Waals surface area (Å²) in [5.41, 5.74) is 1.20. The Labute approximate surface area is 111 Å². The van der Waals surface area contributed by atoms with Crippen molar-refractivity contribution in [1.82, 2.24) is 0 Å². The summed E-state index contributed by atoms with van der Waals surface area (Å²) in [7, 11) is 0. The predicted molar refractivity (Wildman–Crippen MR) is 74.1 cm³/mol. The number of halogens is 2. The Morgan fingerprint density at radius 3 is 2.50 bits per heavy atom. The summed E-state index contributed by atoms with van der Waals surface area (Å²) in [5, 5.41) is 0. The van der Waals surface area contributed by atoms with Crippen molar-refractivity contribution in [2.75, 3.05) is 0 Å². The monoisotopic (exact) mass is 332 g/mol. The van der Waals surface area contributed by atoms with Crippen LogP contribution in [0.3, 0.4) is 0 Å². The molecule has 0 spiro atoms. The zero-order valence-electron chi connectivity index (χ0n) is 9.68. The van der Waals surface area contributed by atoms with E-state index in [0.29, 0.717) is 5.92 Å². The minimum atomic E-state index is -0.0595. The molecule has 1 fully saturated rings. The second-order valence-corrected chi connectivity index (χ2v) is 5.96. The highest BCUT2D eigenvalue weighted by atomic mass is 127. The van der Waals surface area contributed by atoms with Gasteiger partial charge in [-0.2, -0.15) is 0 Å². The average molecular weight is 332 g/mol. The van der Waals surface area contributed by atoms with E-state index in [1.54, 1.807) is 6.07 Å². The Hall–Kier alpha value is -0.120. The van der Waals surface area contributed by atoms with Gasteiger partial charge >= 0.3 is 0 Å². The van der Waals surface area contributed by atoms with Gasteiger partial charge in [-0.15, -0.1) is 0 Å². The molecular weight excluding hydrogens is 314 g/mol. The van der Waals surface area contributed by atoms with Crippen LogP contribution in [0, 0.1) is 15.3 Å². The van der Waals surface area contributed by atoms with Gasteiger partial charge in [0.15, 0.2) is 0 Å². The quantitative estimate of drug-likeness (QED) is 0.660. The van der Waals surface area contributed by atoms with Gasteiger partial charge in [-0.25, -0.2) is 4.39 Å². The molecule has 16 heavy (non-hydrogen) atoms. The molecule has 0 amide bonds. The van der Waals surface area contributed by atoms with Crippen molar-refractivity contribution in [2.24, 2.45) is 5.92 Å². The predicted octanol–water partition coefficient (Wildman–Crippen LogP) is 5.11. The maximum Gasteiger partial charge on any atom is 0.136 e. The van der Waals surface area contributed by atoms with Crippen molar-refractivity contribution in [3.05, 3.63) is 33.1 Å². The first-order valence-corrected chi connectivity index (χ1v) is 7.23. The van der Waals surface area contributed by atoms with Crippen LogP contribution in [-0.2, 0) is 0 Å². The Kier molecular flexibility index (Phi) is 4.22. The molecule has 0 unspecified atom stereocenters. The molecule has 2 rings (SSSR count). The van der Waals surface area contributed by atoms with Crippen molar-refractivity contribution < 1.29 is 4.39 Å². The second kappa shape index (κ2) is 5.48. The average Bonchev–Trinajstić information content (AvgIpc) is 2.33. The summed E-state index contributed by atoms with van der Waals surface area (Å²) in [6.07, 6.45) is 6.40. The molecule has 0 saturated heterocycles. The lowest BCUT2D eigenvalue weighted by Gasteiger charge is -2.28. The van der Waals surface area contributed by atoms with Crippen LogP contribution in [0.1, 0.15) is 50.5 Å². The maximum atomic E-state index is 13.5. The van der Waals surface area contributed by atoms with Gasteiger partial charge < -0.3 is 0 Å². The molecule has 0 aliphatic heterocycles. The number of hydrogen-bond acceptors (Lipinski definition) is 0. The van der Waals surface area contributed by atoms with Crippen LogP contribution in [0.2, 0.25) is 0 Å². The molecule has 1 aromatic carbocycles. The zero-order valence-corrected chi connectivity index (χ0v) is 11.8. The fourth-order valence-electron chi connectivity index (χ4n) is 2.67. The van der Waals surface area contributed by atoms with Gasteiger partial charge in [-0.05, 0) is 77.8 Å². The molecule has 1 saturated carbocycles. The van der Waals surface area contributed by atoms with Gasteiger partial charge in [-0.3, -0.25) is 0 Å². The third-order valence-electron chi connectivity index (χ3n) is 3.84. The molecule has 0 radical (unpaired) electrons. The fourth-order valence-corrected chi connectivity index (χ4v) is 3.01. The van der Waals surface area contributed by atoms with Gasteiger partial charge in [0.25, 0.3) is 0 Å². The van der Waals surface area contributed by atoms with E-state index in [1.165, 1.54) is 37.7 Å². The van der Waals surface area contributed by atoms with E-state index in [1.807, 2.05) is 28.7 Å². The van der Waals surface area contributed by atoms with Gasteiger partial charge in [-0.1, -0.05) is 19.4 Å². The molecule has 1 aromatic rings. The van der Waals surface area contributed by atoms with Gasteiger partial charge in [0, 0.05) is 3.57 Å². The van der Waals surface area contributed by atoms with Crippen molar-refractivity contribution in [3.8, 4) is 0 Å². The number of hydrogen-bond donors (Lipinski definition) is 0. The van der Waals surface area contributed by atoms with Crippen LogP contribution >= 0.6 is 22.6 Å². The zero-order chi connectivity index (χ0) is 11.5. The number of benzene rings is 1. The molecular formula is C14H18FI. The Morgan fingerprint density at radius 1 is 1.25 bits per heavy atom. The van der Waals surface area contributed by atoms with Crippen LogP contribution in [0.4, 0.5) is 4.39 Å². The van der Waals surface area contributed by atoms with E-state index in [4.69, 9.17) is 0 Å². The lowest BCUT2D eigenvalue weighted by molar-refractivity contribution is 0.318. The second-order valence-electron chi connectivity index (χ2n) is 4.80. The lowest BCUT2D eigenvalue weighted by atomic mass is 9.78. The van der Waals surface area contributed by atoms with Crippen molar-refractivity contribution >= 4 is 22.6 Å². The topological polar surface area (TPSA) is 0 Å². The molecule has 0 bridgehead atoms. The normalized spacial score (nSPS) is 25.7. The highest BCUT2D eigenvalue weighted by Crippen LogP contribution is 2.37. The first-order chi connectivity index (χ1) is 7.70. The van der Waals surface area contributed by atoms with E-state index >= 15 is 0 Å². The van der Waals surface area contributed by atoms with E-state index in [2.05, 4.69) is 13.0 Å². The SMILES string of the molecule is CCC1CCC(c2ccc(I)c(F)c2)CC1. The third-order valence-corrected chi connectivity index (χ3v) is 4.71. The number of rotatable bonds is 2. The summed E-state index contributed by atoms with van der Waals surface area (Å²) >= 11 is 2.05. The summed E-state index contributed by atoms with van der Waals surface area (Å²) < 4.78 is 14.2. The highest BCUT2D eigenvalue weighted by Gasteiger charge is 2.21. The van der Waals surface area contributed by atoms with E-state index < -0.39 is 0 Å². The Bertz CT molecular complexity index is 354. The molecule has 0 nitrogen and oxygen atoms in total. The molecule has 0 N–H and O–H groups in total. The van der Waals surface area contributed by atoms with Crippen molar-refractivity contribution in [3.63, 3.8) is 0 Å². The van der Waals surface area contributed by atoms with E-state index in [0.717, 1.165) is 9.49 Å². The lowest BCUT2D eigenvalue weighted by Crippen LogP contribution is -2.12. The smallest absolute Gasteiger partial charge is 0.136 e. The van der Waals surface area contributed by atoms with Crippen LogP contribution in [-0.4, -0.2) is 0 Å². The molecule has 0 heterocycles. The maximum absolute atomic E-state index is 13.5. The largest absolute Gasteiger partial charge is 0.206 e. The summed E-state index contributed by atoms with van der Waals surface area (Å²) in [5.74, 6) is 1.44. The van der Waals surface area contributed by atoms with Gasteiger partial charge in [0.1, 0.15) is 5.82 Å². The first kappa shape index (κ1) is 12.3. The van der Waals surface area contributed by atoms with E-state index in [9.17, 15) is 4.39 Å². The molecule has 0 aromatic heterocycles. The Morgan fingerprint density at radius 2 is 1.94 bits per heavy atom. The van der Waals surface area contributed by atoms with Crippen LogP contribution < -0.4 is 0 Å². The molecule has 88 valence electrons. The summed E-state index contributed by atoms with van der Waals surface area (Å²) in [6.45, 7) is 2.27. The van der Waals surface area contributed by atoms with Crippen LogP contribution in [0.5, 0.6) is 0 Å². The van der Waals surface area contributed by atoms with E-state index in [-0.39, 0.29) is 5.82 Å².